The van der Waals surface area contributed by atoms with E-state index < -0.39 is 0 Å². The van der Waals surface area contributed by atoms with E-state index in [0.717, 1.165) is 23.3 Å². The number of rotatable bonds is 8. The number of carbonyl (C=O) groups excluding carboxylic acids is 1. The maximum Gasteiger partial charge on any atom is 0.261 e. The zero-order valence-electron chi connectivity index (χ0n) is 15.7. The fourth-order valence-corrected chi connectivity index (χ4v) is 2.90. The first-order chi connectivity index (χ1) is 13.2. The van der Waals surface area contributed by atoms with Crippen molar-refractivity contribution >= 4 is 5.91 Å². The molecule has 3 rings (SSSR count). The van der Waals surface area contributed by atoms with Gasteiger partial charge in [-0.05, 0) is 35.2 Å². The smallest absolute Gasteiger partial charge is 0.261 e. The highest BCUT2D eigenvalue weighted by atomic mass is 16.5. The average molecular weight is 359 g/mol. The Morgan fingerprint density at radius 2 is 1.26 bits per heavy atom. The highest BCUT2D eigenvalue weighted by Crippen LogP contribution is 2.14. The summed E-state index contributed by atoms with van der Waals surface area (Å²) in [6, 6.07) is 28.0. The molecule has 0 saturated heterocycles. The summed E-state index contributed by atoms with van der Waals surface area (Å²) in [5, 5.41) is 0. The molecule has 0 saturated carbocycles. The van der Waals surface area contributed by atoms with Crippen molar-refractivity contribution in [3.05, 3.63) is 102 Å². The molecule has 3 aromatic carbocycles. The molecule has 0 radical (unpaired) electrons. The number of benzene rings is 3. The van der Waals surface area contributed by atoms with E-state index in [2.05, 4.69) is 6.92 Å². The van der Waals surface area contributed by atoms with Crippen LogP contribution in [0.25, 0.3) is 0 Å². The first-order valence-corrected chi connectivity index (χ1v) is 9.32. The van der Waals surface area contributed by atoms with Crippen LogP contribution in [0.4, 0.5) is 0 Å². The summed E-state index contributed by atoms with van der Waals surface area (Å²) in [6.07, 6.45) is 0.987. The van der Waals surface area contributed by atoms with Crippen molar-refractivity contribution < 1.29 is 9.53 Å². The van der Waals surface area contributed by atoms with Crippen molar-refractivity contribution in [1.82, 2.24) is 4.90 Å². The van der Waals surface area contributed by atoms with E-state index in [4.69, 9.17) is 4.74 Å². The van der Waals surface area contributed by atoms with Crippen LogP contribution in [-0.2, 0) is 24.3 Å². The molecule has 0 N–H and O–H groups in total. The molecule has 0 atom stereocenters. The molecule has 0 heterocycles. The van der Waals surface area contributed by atoms with Crippen molar-refractivity contribution in [3.63, 3.8) is 0 Å². The lowest BCUT2D eigenvalue weighted by Crippen LogP contribution is -2.34. The van der Waals surface area contributed by atoms with Gasteiger partial charge in [0, 0.05) is 13.1 Å². The quantitative estimate of drug-likeness (QED) is 0.575. The second-order valence-electron chi connectivity index (χ2n) is 6.51. The zero-order valence-corrected chi connectivity index (χ0v) is 15.7. The van der Waals surface area contributed by atoms with Crippen molar-refractivity contribution in [3.8, 4) is 5.75 Å². The lowest BCUT2D eigenvalue weighted by Gasteiger charge is -2.23. The molecule has 0 aliphatic carbocycles. The third kappa shape index (κ3) is 5.71. The van der Waals surface area contributed by atoms with Crippen LogP contribution in [0.3, 0.4) is 0 Å². The average Bonchev–Trinajstić information content (AvgIpc) is 2.73. The van der Waals surface area contributed by atoms with E-state index in [0.29, 0.717) is 13.1 Å². The molecular formula is C24H25NO2. The van der Waals surface area contributed by atoms with E-state index in [-0.39, 0.29) is 12.5 Å². The molecule has 1 amide bonds. The molecular weight excluding hydrogens is 334 g/mol. The van der Waals surface area contributed by atoms with Crippen LogP contribution in [0.15, 0.2) is 84.9 Å². The summed E-state index contributed by atoms with van der Waals surface area (Å²) >= 11 is 0. The summed E-state index contributed by atoms with van der Waals surface area (Å²) in [4.78, 5) is 14.7. The molecule has 0 unspecified atom stereocenters. The van der Waals surface area contributed by atoms with Crippen molar-refractivity contribution in [1.29, 1.82) is 0 Å². The minimum atomic E-state index is -0.0257. The maximum absolute atomic E-state index is 12.8. The number of hydrogen-bond acceptors (Lipinski definition) is 2. The molecule has 0 aromatic heterocycles. The number of amides is 1. The molecule has 0 aliphatic heterocycles. The predicted molar refractivity (Wildman–Crippen MR) is 108 cm³/mol. The Morgan fingerprint density at radius 1 is 0.741 bits per heavy atom. The molecule has 0 bridgehead atoms. The number of ether oxygens (including phenoxy) is 1. The van der Waals surface area contributed by atoms with Gasteiger partial charge in [-0.3, -0.25) is 4.79 Å². The van der Waals surface area contributed by atoms with Gasteiger partial charge in [0.2, 0.25) is 0 Å². The summed E-state index contributed by atoms with van der Waals surface area (Å²) < 4.78 is 5.73. The fourth-order valence-electron chi connectivity index (χ4n) is 2.90. The molecule has 0 fully saturated rings. The Morgan fingerprint density at radius 3 is 1.74 bits per heavy atom. The van der Waals surface area contributed by atoms with Gasteiger partial charge in [-0.2, -0.15) is 0 Å². The Labute approximate surface area is 161 Å². The summed E-state index contributed by atoms with van der Waals surface area (Å²) in [7, 11) is 0. The molecule has 27 heavy (non-hydrogen) atoms. The lowest BCUT2D eigenvalue weighted by molar-refractivity contribution is -0.134. The third-order valence-electron chi connectivity index (χ3n) is 4.48. The maximum atomic E-state index is 12.8. The number of hydrogen-bond donors (Lipinski definition) is 0. The summed E-state index contributed by atoms with van der Waals surface area (Å²) in [6.45, 7) is 3.27. The van der Waals surface area contributed by atoms with Gasteiger partial charge in [-0.1, -0.05) is 79.7 Å². The topological polar surface area (TPSA) is 29.5 Å². The van der Waals surface area contributed by atoms with Gasteiger partial charge in [-0.15, -0.1) is 0 Å². The normalized spacial score (nSPS) is 10.4. The van der Waals surface area contributed by atoms with Gasteiger partial charge in [-0.25, -0.2) is 0 Å². The van der Waals surface area contributed by atoms with Crippen LogP contribution in [-0.4, -0.2) is 17.4 Å². The van der Waals surface area contributed by atoms with Gasteiger partial charge in [0.25, 0.3) is 5.91 Å². The first kappa shape index (κ1) is 18.7. The standard InChI is InChI=1S/C24H25NO2/c1-2-20-13-15-23(16-14-20)27-19-24(26)25(17-21-9-5-3-6-10-21)18-22-11-7-4-8-12-22/h3-16H,2,17-19H2,1H3. The molecule has 0 aliphatic rings. The minimum Gasteiger partial charge on any atom is -0.484 e. The summed E-state index contributed by atoms with van der Waals surface area (Å²) in [5.41, 5.74) is 3.46. The second-order valence-corrected chi connectivity index (χ2v) is 6.51. The highest BCUT2D eigenvalue weighted by molar-refractivity contribution is 5.77. The van der Waals surface area contributed by atoms with Crippen molar-refractivity contribution in [2.45, 2.75) is 26.4 Å². The van der Waals surface area contributed by atoms with Gasteiger partial charge < -0.3 is 9.64 Å². The minimum absolute atomic E-state index is 0.0257. The van der Waals surface area contributed by atoms with Gasteiger partial charge in [0.1, 0.15) is 5.75 Å². The molecule has 3 heteroatoms. The van der Waals surface area contributed by atoms with Crippen LogP contribution in [0, 0.1) is 0 Å². The van der Waals surface area contributed by atoms with Gasteiger partial charge >= 0.3 is 0 Å². The van der Waals surface area contributed by atoms with Crippen LogP contribution >= 0.6 is 0 Å². The van der Waals surface area contributed by atoms with E-state index >= 15 is 0 Å². The fraction of sp³-hybridized carbons (Fsp3) is 0.208. The van der Waals surface area contributed by atoms with Crippen LogP contribution in [0.2, 0.25) is 0 Å². The number of nitrogens with zero attached hydrogens (tertiary/aromatic N) is 1. The Hall–Kier alpha value is -3.07. The SMILES string of the molecule is CCc1ccc(OCC(=O)N(Cc2ccccc2)Cc2ccccc2)cc1. The largest absolute Gasteiger partial charge is 0.484 e. The van der Waals surface area contributed by atoms with E-state index in [1.165, 1.54) is 5.56 Å². The number of aryl methyl sites for hydroxylation is 1. The predicted octanol–water partition coefficient (Wildman–Crippen LogP) is 4.86. The lowest BCUT2D eigenvalue weighted by atomic mass is 10.1. The first-order valence-electron chi connectivity index (χ1n) is 9.32. The van der Waals surface area contributed by atoms with Crippen LogP contribution in [0.5, 0.6) is 5.75 Å². The van der Waals surface area contributed by atoms with E-state index in [9.17, 15) is 4.79 Å². The van der Waals surface area contributed by atoms with Crippen molar-refractivity contribution in [2.24, 2.45) is 0 Å². The second kappa shape index (κ2) is 9.58. The number of carbonyl (C=O) groups is 1. The van der Waals surface area contributed by atoms with Crippen LogP contribution < -0.4 is 4.74 Å². The molecule has 138 valence electrons. The van der Waals surface area contributed by atoms with E-state index in [1.807, 2.05) is 89.8 Å². The zero-order chi connectivity index (χ0) is 18.9. The Bertz CT molecular complexity index is 788. The highest BCUT2D eigenvalue weighted by Gasteiger charge is 2.15. The Kier molecular flexibility index (Phi) is 6.64. The Balaban J connectivity index is 1.67. The van der Waals surface area contributed by atoms with Gasteiger partial charge in [0.15, 0.2) is 6.61 Å². The van der Waals surface area contributed by atoms with Crippen LogP contribution in [0.1, 0.15) is 23.6 Å². The summed E-state index contributed by atoms with van der Waals surface area (Å²) in [5.74, 6) is 0.696. The van der Waals surface area contributed by atoms with Crippen molar-refractivity contribution in [2.75, 3.05) is 6.61 Å². The molecule has 3 nitrogen and oxygen atoms in total. The third-order valence-corrected chi connectivity index (χ3v) is 4.48. The van der Waals surface area contributed by atoms with Gasteiger partial charge in [0.05, 0.1) is 0 Å². The van der Waals surface area contributed by atoms with E-state index in [1.54, 1.807) is 0 Å². The molecule has 0 spiro atoms. The monoisotopic (exact) mass is 359 g/mol. The molecule has 3 aromatic rings.